The second kappa shape index (κ2) is 6.10. The average Bonchev–Trinajstić information content (AvgIpc) is 2.44. The van der Waals surface area contributed by atoms with Gasteiger partial charge in [0.2, 0.25) is 0 Å². The van der Waals surface area contributed by atoms with Crippen LogP contribution in [0.2, 0.25) is 0 Å². The first-order valence-corrected chi connectivity index (χ1v) is 6.42. The highest BCUT2D eigenvalue weighted by Gasteiger charge is 2.11. The van der Waals surface area contributed by atoms with Crippen LogP contribution in [0.1, 0.15) is 22.8 Å². The lowest BCUT2D eigenvalue weighted by atomic mass is 10.2. The number of aryl methyl sites for hydroxylation is 1. The molecule has 4 nitrogen and oxygen atoms in total. The number of hydrogen-bond acceptors (Lipinski definition) is 4. The van der Waals surface area contributed by atoms with E-state index in [2.05, 4.69) is 0 Å². The van der Waals surface area contributed by atoms with Gasteiger partial charge in [0.1, 0.15) is 5.75 Å². The number of nitrogen functional groups attached to an aromatic ring is 1. The number of benzene rings is 2. The molecule has 20 heavy (non-hydrogen) atoms. The van der Waals surface area contributed by atoms with E-state index in [1.54, 1.807) is 25.1 Å². The van der Waals surface area contributed by atoms with Gasteiger partial charge in [-0.15, -0.1) is 0 Å². The maximum Gasteiger partial charge on any atom is 0.338 e. The van der Waals surface area contributed by atoms with Crippen molar-refractivity contribution in [2.45, 2.75) is 13.8 Å². The Kier molecular flexibility index (Phi) is 4.25. The summed E-state index contributed by atoms with van der Waals surface area (Å²) >= 11 is 0. The van der Waals surface area contributed by atoms with Gasteiger partial charge < -0.3 is 15.2 Å². The van der Waals surface area contributed by atoms with Crippen LogP contribution in [0.15, 0.2) is 42.5 Å². The first-order valence-electron chi connectivity index (χ1n) is 6.42. The molecule has 0 aliphatic carbocycles. The van der Waals surface area contributed by atoms with Crippen LogP contribution in [0, 0.1) is 6.92 Å². The highest BCUT2D eigenvalue weighted by Crippen LogP contribution is 2.30. The van der Waals surface area contributed by atoms with Gasteiger partial charge in [-0.3, -0.25) is 0 Å². The fourth-order valence-corrected chi connectivity index (χ4v) is 1.75. The number of para-hydroxylation sites is 1. The van der Waals surface area contributed by atoms with Crippen molar-refractivity contribution in [2.24, 2.45) is 0 Å². The number of anilines is 1. The van der Waals surface area contributed by atoms with Crippen LogP contribution < -0.4 is 10.5 Å². The molecule has 0 heterocycles. The molecule has 2 aromatic rings. The Morgan fingerprint density at radius 3 is 2.60 bits per heavy atom. The molecule has 0 radical (unpaired) electrons. The molecule has 0 amide bonds. The first kappa shape index (κ1) is 13.9. The lowest BCUT2D eigenvalue weighted by Gasteiger charge is -2.11. The SMILES string of the molecule is CCOC(=O)c1ccc(N)c(Oc2ccccc2C)c1. The molecule has 0 bridgehead atoms. The molecule has 2 rings (SSSR count). The molecular formula is C16H17NO3. The highest BCUT2D eigenvalue weighted by molar-refractivity contribution is 5.90. The number of rotatable bonds is 4. The summed E-state index contributed by atoms with van der Waals surface area (Å²) in [5, 5.41) is 0. The quantitative estimate of drug-likeness (QED) is 0.682. The predicted molar refractivity (Wildman–Crippen MR) is 78.1 cm³/mol. The number of carbonyl (C=O) groups excluding carboxylic acids is 1. The van der Waals surface area contributed by atoms with Crippen molar-refractivity contribution in [1.29, 1.82) is 0 Å². The van der Waals surface area contributed by atoms with Crippen LogP contribution in [0.4, 0.5) is 5.69 Å². The number of ether oxygens (including phenoxy) is 2. The summed E-state index contributed by atoms with van der Waals surface area (Å²) in [6.07, 6.45) is 0. The lowest BCUT2D eigenvalue weighted by Crippen LogP contribution is -2.05. The maximum absolute atomic E-state index is 11.7. The van der Waals surface area contributed by atoms with Crippen LogP contribution in [0.25, 0.3) is 0 Å². The average molecular weight is 271 g/mol. The Hall–Kier alpha value is -2.49. The third-order valence-electron chi connectivity index (χ3n) is 2.84. The fraction of sp³-hybridized carbons (Fsp3) is 0.188. The predicted octanol–water partition coefficient (Wildman–Crippen LogP) is 3.55. The Morgan fingerprint density at radius 2 is 1.90 bits per heavy atom. The normalized spacial score (nSPS) is 10.1. The van der Waals surface area contributed by atoms with E-state index in [0.29, 0.717) is 29.4 Å². The van der Waals surface area contributed by atoms with Crippen molar-refractivity contribution in [3.63, 3.8) is 0 Å². The Balaban J connectivity index is 2.30. The molecule has 0 fully saturated rings. The standard InChI is InChI=1S/C16H17NO3/c1-3-19-16(18)12-8-9-13(17)15(10-12)20-14-7-5-4-6-11(14)2/h4-10H,3,17H2,1-2H3. The van der Waals surface area contributed by atoms with Crippen LogP contribution in [0.3, 0.4) is 0 Å². The Labute approximate surface area is 118 Å². The summed E-state index contributed by atoms with van der Waals surface area (Å²) in [7, 11) is 0. The minimum absolute atomic E-state index is 0.331. The van der Waals surface area contributed by atoms with E-state index in [4.69, 9.17) is 15.2 Å². The summed E-state index contributed by atoms with van der Waals surface area (Å²) < 4.78 is 10.7. The van der Waals surface area contributed by atoms with Crippen molar-refractivity contribution < 1.29 is 14.3 Å². The molecular weight excluding hydrogens is 254 g/mol. The Morgan fingerprint density at radius 1 is 1.15 bits per heavy atom. The summed E-state index contributed by atoms with van der Waals surface area (Å²) in [6, 6.07) is 12.5. The molecule has 0 unspecified atom stereocenters. The summed E-state index contributed by atoms with van der Waals surface area (Å²) in [4.78, 5) is 11.7. The molecule has 0 saturated carbocycles. The first-order chi connectivity index (χ1) is 9.61. The van der Waals surface area contributed by atoms with Gasteiger partial charge in [0, 0.05) is 0 Å². The van der Waals surface area contributed by atoms with Crippen LogP contribution in [-0.2, 0) is 4.74 Å². The zero-order valence-electron chi connectivity index (χ0n) is 11.6. The molecule has 0 aliphatic heterocycles. The smallest absolute Gasteiger partial charge is 0.338 e. The largest absolute Gasteiger partial charge is 0.462 e. The second-order valence-electron chi connectivity index (χ2n) is 4.34. The number of esters is 1. The summed E-state index contributed by atoms with van der Waals surface area (Å²) in [5.41, 5.74) is 7.77. The third-order valence-corrected chi connectivity index (χ3v) is 2.84. The summed E-state index contributed by atoms with van der Waals surface area (Å²) in [6.45, 7) is 4.04. The van der Waals surface area contributed by atoms with Gasteiger partial charge in [-0.25, -0.2) is 4.79 Å². The van der Waals surface area contributed by atoms with Crippen LogP contribution in [-0.4, -0.2) is 12.6 Å². The number of carbonyl (C=O) groups is 1. The van der Waals surface area contributed by atoms with Gasteiger partial charge in [0.25, 0.3) is 0 Å². The van der Waals surface area contributed by atoms with E-state index in [9.17, 15) is 4.79 Å². The third kappa shape index (κ3) is 3.09. The highest BCUT2D eigenvalue weighted by atomic mass is 16.5. The maximum atomic E-state index is 11.7. The monoisotopic (exact) mass is 271 g/mol. The Bertz CT molecular complexity index is 623. The lowest BCUT2D eigenvalue weighted by molar-refractivity contribution is 0.0526. The summed E-state index contributed by atoms with van der Waals surface area (Å²) in [5.74, 6) is 0.771. The fourth-order valence-electron chi connectivity index (χ4n) is 1.75. The molecule has 0 aromatic heterocycles. The van der Waals surface area contributed by atoms with Crippen LogP contribution in [0.5, 0.6) is 11.5 Å². The minimum Gasteiger partial charge on any atom is -0.462 e. The van der Waals surface area contributed by atoms with E-state index in [1.807, 2.05) is 31.2 Å². The van der Waals surface area contributed by atoms with E-state index in [0.717, 1.165) is 5.56 Å². The van der Waals surface area contributed by atoms with Crippen molar-refractivity contribution in [3.8, 4) is 11.5 Å². The van der Waals surface area contributed by atoms with E-state index in [1.165, 1.54) is 0 Å². The van der Waals surface area contributed by atoms with Crippen molar-refractivity contribution in [3.05, 3.63) is 53.6 Å². The number of nitrogens with two attached hydrogens (primary N) is 1. The second-order valence-corrected chi connectivity index (χ2v) is 4.34. The van der Waals surface area contributed by atoms with Gasteiger partial charge in [0.05, 0.1) is 17.9 Å². The molecule has 0 atom stereocenters. The molecule has 2 N–H and O–H groups in total. The van der Waals surface area contributed by atoms with Gasteiger partial charge in [-0.2, -0.15) is 0 Å². The van der Waals surface area contributed by atoms with Crippen molar-refractivity contribution in [2.75, 3.05) is 12.3 Å². The van der Waals surface area contributed by atoms with E-state index in [-0.39, 0.29) is 5.97 Å². The molecule has 0 spiro atoms. The molecule has 4 heteroatoms. The molecule has 0 saturated heterocycles. The van der Waals surface area contributed by atoms with Gasteiger partial charge in [-0.05, 0) is 43.7 Å². The molecule has 2 aromatic carbocycles. The van der Waals surface area contributed by atoms with Gasteiger partial charge in [0.15, 0.2) is 5.75 Å². The van der Waals surface area contributed by atoms with E-state index < -0.39 is 0 Å². The van der Waals surface area contributed by atoms with Gasteiger partial charge >= 0.3 is 5.97 Å². The van der Waals surface area contributed by atoms with Crippen molar-refractivity contribution in [1.82, 2.24) is 0 Å². The molecule has 0 aliphatic rings. The molecule has 104 valence electrons. The van der Waals surface area contributed by atoms with E-state index >= 15 is 0 Å². The van der Waals surface area contributed by atoms with Crippen molar-refractivity contribution >= 4 is 11.7 Å². The zero-order chi connectivity index (χ0) is 14.5. The van der Waals surface area contributed by atoms with Crippen LogP contribution >= 0.6 is 0 Å². The van der Waals surface area contributed by atoms with Gasteiger partial charge in [-0.1, -0.05) is 18.2 Å². The number of hydrogen-bond donors (Lipinski definition) is 1. The topological polar surface area (TPSA) is 61.5 Å². The minimum atomic E-state index is -0.387. The zero-order valence-corrected chi connectivity index (χ0v) is 11.6.